The number of carbonyl (C=O) groups excluding carboxylic acids is 2. The Morgan fingerprint density at radius 3 is 2.14 bits per heavy atom. The van der Waals surface area contributed by atoms with Crippen molar-refractivity contribution in [2.75, 3.05) is 0 Å². The van der Waals surface area contributed by atoms with Crippen molar-refractivity contribution >= 4 is 12.1 Å². The van der Waals surface area contributed by atoms with E-state index >= 15 is 0 Å². The average molecular weight is 299 g/mol. The van der Waals surface area contributed by atoms with E-state index in [1.54, 1.807) is 20.8 Å². The summed E-state index contributed by atoms with van der Waals surface area (Å²) >= 11 is 0. The van der Waals surface area contributed by atoms with Crippen LogP contribution in [-0.2, 0) is 14.3 Å². The molecule has 0 bridgehead atoms. The van der Waals surface area contributed by atoms with Crippen LogP contribution in [0.2, 0.25) is 0 Å². The van der Waals surface area contributed by atoms with Gasteiger partial charge in [-0.2, -0.15) is 0 Å². The van der Waals surface area contributed by atoms with Crippen LogP contribution >= 0.6 is 0 Å². The molecule has 0 saturated heterocycles. The summed E-state index contributed by atoms with van der Waals surface area (Å²) in [5.74, 6) is -0.406. The van der Waals surface area contributed by atoms with Gasteiger partial charge in [0.05, 0.1) is 0 Å². The first-order valence-electron chi connectivity index (χ1n) is 7.89. The Morgan fingerprint density at radius 1 is 1.10 bits per heavy atom. The van der Waals surface area contributed by atoms with E-state index in [0.29, 0.717) is 0 Å². The van der Waals surface area contributed by atoms with Gasteiger partial charge in [-0.25, -0.2) is 9.59 Å². The number of nitrogens with one attached hydrogen (secondary N) is 1. The molecule has 5 nitrogen and oxygen atoms in total. The Kier molecular flexibility index (Phi) is 6.49. The highest BCUT2D eigenvalue weighted by Crippen LogP contribution is 2.21. The minimum absolute atomic E-state index is 0.00654. The Labute approximate surface area is 127 Å². The molecule has 1 fully saturated rings. The third-order valence-electron chi connectivity index (χ3n) is 3.43. The fourth-order valence-electron chi connectivity index (χ4n) is 2.35. The van der Waals surface area contributed by atoms with E-state index in [9.17, 15) is 9.59 Å². The third-order valence-corrected chi connectivity index (χ3v) is 3.43. The SMILES string of the molecule is CC(C)C(NC(=O)OC(C)(C)C)C(=O)OC1CCCCC1. The summed E-state index contributed by atoms with van der Waals surface area (Å²) in [7, 11) is 0. The van der Waals surface area contributed by atoms with Crippen molar-refractivity contribution < 1.29 is 19.1 Å². The van der Waals surface area contributed by atoms with Gasteiger partial charge in [0.1, 0.15) is 17.7 Å². The number of rotatable bonds is 4. The summed E-state index contributed by atoms with van der Waals surface area (Å²) in [6.07, 6.45) is 4.66. The summed E-state index contributed by atoms with van der Waals surface area (Å²) in [5, 5.41) is 2.63. The minimum Gasteiger partial charge on any atom is -0.461 e. The molecule has 0 aromatic carbocycles. The zero-order chi connectivity index (χ0) is 16.0. The van der Waals surface area contributed by atoms with Gasteiger partial charge in [0.2, 0.25) is 0 Å². The molecule has 5 heteroatoms. The van der Waals surface area contributed by atoms with Crippen LogP contribution < -0.4 is 5.32 Å². The van der Waals surface area contributed by atoms with Crippen LogP contribution in [-0.4, -0.2) is 29.8 Å². The number of alkyl carbamates (subject to hydrolysis) is 1. The van der Waals surface area contributed by atoms with Gasteiger partial charge in [-0.05, 0) is 52.4 Å². The van der Waals surface area contributed by atoms with Crippen LogP contribution in [0.4, 0.5) is 4.79 Å². The molecular weight excluding hydrogens is 270 g/mol. The molecule has 1 unspecified atom stereocenters. The molecule has 1 saturated carbocycles. The highest BCUT2D eigenvalue weighted by atomic mass is 16.6. The molecule has 1 atom stereocenters. The molecule has 0 aliphatic heterocycles. The lowest BCUT2D eigenvalue weighted by molar-refractivity contribution is -0.154. The Hall–Kier alpha value is -1.26. The first kappa shape index (κ1) is 17.8. The molecule has 1 amide bonds. The molecule has 0 radical (unpaired) electrons. The smallest absolute Gasteiger partial charge is 0.408 e. The van der Waals surface area contributed by atoms with E-state index in [2.05, 4.69) is 5.32 Å². The minimum atomic E-state index is -0.665. The normalized spacial score (nSPS) is 18.2. The summed E-state index contributed by atoms with van der Waals surface area (Å²) in [6, 6.07) is -0.665. The molecule has 0 aromatic rings. The quantitative estimate of drug-likeness (QED) is 0.808. The lowest BCUT2D eigenvalue weighted by atomic mass is 9.97. The van der Waals surface area contributed by atoms with Crippen LogP contribution in [0.25, 0.3) is 0 Å². The molecule has 0 aromatic heterocycles. The molecule has 0 spiro atoms. The molecular formula is C16H29NO4. The van der Waals surface area contributed by atoms with E-state index in [4.69, 9.17) is 9.47 Å². The first-order chi connectivity index (χ1) is 9.69. The molecule has 0 heterocycles. The summed E-state index contributed by atoms with van der Waals surface area (Å²) < 4.78 is 10.7. The van der Waals surface area contributed by atoms with Crippen LogP contribution in [0.3, 0.4) is 0 Å². The van der Waals surface area contributed by atoms with E-state index in [-0.39, 0.29) is 18.0 Å². The van der Waals surface area contributed by atoms with Gasteiger partial charge in [-0.1, -0.05) is 20.3 Å². The predicted octanol–water partition coefficient (Wildman–Crippen LogP) is 3.41. The average Bonchev–Trinajstić information content (AvgIpc) is 2.34. The number of esters is 1. The van der Waals surface area contributed by atoms with Gasteiger partial charge >= 0.3 is 12.1 Å². The van der Waals surface area contributed by atoms with E-state index < -0.39 is 17.7 Å². The van der Waals surface area contributed by atoms with Gasteiger partial charge in [0, 0.05) is 0 Å². The molecule has 122 valence electrons. The highest BCUT2D eigenvalue weighted by molar-refractivity contribution is 5.81. The van der Waals surface area contributed by atoms with Crippen molar-refractivity contribution in [2.45, 2.75) is 84.5 Å². The summed E-state index contributed by atoms with van der Waals surface area (Å²) in [6.45, 7) is 9.13. The maximum Gasteiger partial charge on any atom is 0.408 e. The highest BCUT2D eigenvalue weighted by Gasteiger charge is 2.30. The van der Waals surface area contributed by atoms with Crippen molar-refractivity contribution in [3.63, 3.8) is 0 Å². The lowest BCUT2D eigenvalue weighted by Gasteiger charge is -2.27. The summed E-state index contributed by atoms with van der Waals surface area (Å²) in [5.41, 5.74) is -0.584. The number of amides is 1. The fourth-order valence-corrected chi connectivity index (χ4v) is 2.35. The van der Waals surface area contributed by atoms with Crippen molar-refractivity contribution in [1.29, 1.82) is 0 Å². The molecule has 1 aliphatic rings. The maximum absolute atomic E-state index is 12.3. The van der Waals surface area contributed by atoms with Crippen molar-refractivity contribution in [3.8, 4) is 0 Å². The van der Waals surface area contributed by atoms with Gasteiger partial charge in [-0.3, -0.25) is 0 Å². The number of ether oxygens (including phenoxy) is 2. The Morgan fingerprint density at radius 2 is 1.67 bits per heavy atom. The fraction of sp³-hybridized carbons (Fsp3) is 0.875. The first-order valence-corrected chi connectivity index (χ1v) is 7.89. The van der Waals surface area contributed by atoms with Crippen LogP contribution in [0.1, 0.15) is 66.7 Å². The number of hydrogen-bond acceptors (Lipinski definition) is 4. The number of carbonyl (C=O) groups is 2. The van der Waals surface area contributed by atoms with Gasteiger partial charge in [0.25, 0.3) is 0 Å². The van der Waals surface area contributed by atoms with Crippen molar-refractivity contribution in [1.82, 2.24) is 5.32 Å². The lowest BCUT2D eigenvalue weighted by Crippen LogP contribution is -2.48. The van der Waals surface area contributed by atoms with Gasteiger partial charge in [0.15, 0.2) is 0 Å². The predicted molar refractivity (Wildman–Crippen MR) is 81.0 cm³/mol. The molecule has 1 aliphatic carbocycles. The monoisotopic (exact) mass is 299 g/mol. The zero-order valence-electron chi connectivity index (χ0n) is 13.9. The van der Waals surface area contributed by atoms with Crippen molar-refractivity contribution in [3.05, 3.63) is 0 Å². The van der Waals surface area contributed by atoms with Crippen LogP contribution in [0.15, 0.2) is 0 Å². The second kappa shape index (κ2) is 7.66. The van der Waals surface area contributed by atoms with E-state index in [1.165, 1.54) is 6.42 Å². The molecule has 1 rings (SSSR count). The molecule has 1 N–H and O–H groups in total. The van der Waals surface area contributed by atoms with Gasteiger partial charge < -0.3 is 14.8 Å². The Bertz CT molecular complexity index is 354. The maximum atomic E-state index is 12.3. The van der Waals surface area contributed by atoms with Gasteiger partial charge in [-0.15, -0.1) is 0 Å². The second-order valence-corrected chi connectivity index (χ2v) is 7.06. The van der Waals surface area contributed by atoms with Crippen molar-refractivity contribution in [2.24, 2.45) is 5.92 Å². The number of hydrogen-bond donors (Lipinski definition) is 1. The standard InChI is InChI=1S/C16H29NO4/c1-11(2)13(17-15(19)21-16(3,4)5)14(18)20-12-9-7-6-8-10-12/h11-13H,6-10H2,1-5H3,(H,17,19). The Balaban J connectivity index is 2.55. The summed E-state index contributed by atoms with van der Waals surface area (Å²) in [4.78, 5) is 24.1. The van der Waals surface area contributed by atoms with Crippen LogP contribution in [0, 0.1) is 5.92 Å². The van der Waals surface area contributed by atoms with E-state index in [1.807, 2.05) is 13.8 Å². The largest absolute Gasteiger partial charge is 0.461 e. The van der Waals surface area contributed by atoms with E-state index in [0.717, 1.165) is 25.7 Å². The topological polar surface area (TPSA) is 64.6 Å². The molecule has 21 heavy (non-hydrogen) atoms. The zero-order valence-corrected chi connectivity index (χ0v) is 13.9. The second-order valence-electron chi connectivity index (χ2n) is 7.06. The van der Waals surface area contributed by atoms with Crippen LogP contribution in [0.5, 0.6) is 0 Å². The third kappa shape index (κ3) is 6.82.